The minimum atomic E-state index is -0.354. The average molecular weight is 210 g/mol. The standard InChI is InChI=1S/C11H13FNO2/c1-13(2)8-15-7-11(14)9-3-5-10(12)6-4-9/h3-6,8H,7H2,1-2H3/q+1. The van der Waals surface area contributed by atoms with Crippen LogP contribution in [0.1, 0.15) is 10.4 Å². The molecule has 1 rings (SSSR count). The van der Waals surface area contributed by atoms with Crippen molar-refractivity contribution in [1.82, 2.24) is 0 Å². The number of hydrogen-bond acceptors (Lipinski definition) is 2. The third-order valence-electron chi connectivity index (χ3n) is 1.67. The normalized spacial score (nSPS) is 9.53. The zero-order valence-electron chi connectivity index (χ0n) is 8.74. The van der Waals surface area contributed by atoms with Crippen LogP contribution in [-0.4, -0.2) is 37.5 Å². The molecular weight excluding hydrogens is 197 g/mol. The minimum absolute atomic E-state index is 0.0379. The molecule has 0 atom stereocenters. The maximum atomic E-state index is 12.6. The fraction of sp³-hybridized carbons (Fsp3) is 0.273. The quantitative estimate of drug-likeness (QED) is 0.325. The molecular formula is C11H13FNO2+. The van der Waals surface area contributed by atoms with Crippen LogP contribution in [0.4, 0.5) is 4.39 Å². The molecule has 4 heteroatoms. The van der Waals surface area contributed by atoms with Crippen molar-refractivity contribution in [3.8, 4) is 0 Å². The summed E-state index contributed by atoms with van der Waals surface area (Å²) >= 11 is 0. The number of carbonyl (C=O) groups excluding carboxylic acids is 1. The Kier molecular flexibility index (Phi) is 3.97. The highest BCUT2D eigenvalue weighted by Gasteiger charge is 2.05. The molecule has 0 aliphatic carbocycles. The van der Waals surface area contributed by atoms with Crippen molar-refractivity contribution in [2.75, 3.05) is 20.7 Å². The number of halogens is 1. The van der Waals surface area contributed by atoms with E-state index in [9.17, 15) is 9.18 Å². The van der Waals surface area contributed by atoms with Crippen LogP contribution in [-0.2, 0) is 4.74 Å². The maximum Gasteiger partial charge on any atom is 0.323 e. The first-order valence-corrected chi connectivity index (χ1v) is 4.50. The largest absolute Gasteiger partial charge is 0.442 e. The van der Waals surface area contributed by atoms with Crippen LogP contribution in [0.25, 0.3) is 0 Å². The van der Waals surface area contributed by atoms with E-state index in [-0.39, 0.29) is 18.2 Å². The van der Waals surface area contributed by atoms with Gasteiger partial charge in [0.25, 0.3) is 0 Å². The van der Waals surface area contributed by atoms with Gasteiger partial charge in [0, 0.05) is 5.56 Å². The molecule has 15 heavy (non-hydrogen) atoms. The molecule has 0 saturated heterocycles. The average Bonchev–Trinajstić information content (AvgIpc) is 2.18. The lowest BCUT2D eigenvalue weighted by Gasteiger charge is -1.99. The molecule has 0 heterocycles. The molecule has 1 aromatic carbocycles. The van der Waals surface area contributed by atoms with E-state index in [4.69, 9.17) is 4.74 Å². The number of hydrogen-bond donors (Lipinski definition) is 0. The first kappa shape index (κ1) is 11.4. The van der Waals surface area contributed by atoms with Gasteiger partial charge in [-0.1, -0.05) is 0 Å². The monoisotopic (exact) mass is 210 g/mol. The molecule has 0 aliphatic heterocycles. The Hall–Kier alpha value is -1.71. The highest BCUT2D eigenvalue weighted by molar-refractivity contribution is 5.97. The van der Waals surface area contributed by atoms with Crippen LogP contribution in [0.3, 0.4) is 0 Å². The van der Waals surface area contributed by atoms with Crippen LogP contribution in [0.2, 0.25) is 0 Å². The van der Waals surface area contributed by atoms with Gasteiger partial charge < -0.3 is 4.74 Å². The van der Waals surface area contributed by atoms with Crippen molar-refractivity contribution < 1.29 is 18.5 Å². The van der Waals surface area contributed by atoms with E-state index >= 15 is 0 Å². The second-order valence-electron chi connectivity index (χ2n) is 3.31. The highest BCUT2D eigenvalue weighted by Crippen LogP contribution is 2.03. The molecule has 80 valence electrons. The minimum Gasteiger partial charge on any atom is -0.442 e. The number of Topliss-reactive ketones (excluding diaryl/α,β-unsaturated/α-hetero) is 1. The van der Waals surface area contributed by atoms with Crippen LogP contribution >= 0.6 is 0 Å². The number of ketones is 1. The topological polar surface area (TPSA) is 29.3 Å². The molecule has 0 saturated carbocycles. The van der Waals surface area contributed by atoms with Crippen molar-refractivity contribution >= 4 is 12.2 Å². The summed E-state index contributed by atoms with van der Waals surface area (Å²) in [5.41, 5.74) is 0.448. The van der Waals surface area contributed by atoms with Gasteiger partial charge in [0.2, 0.25) is 0 Å². The molecule has 0 spiro atoms. The first-order valence-electron chi connectivity index (χ1n) is 4.50. The smallest absolute Gasteiger partial charge is 0.323 e. The Morgan fingerprint density at radius 2 is 2.00 bits per heavy atom. The molecule has 0 amide bonds. The summed E-state index contributed by atoms with van der Waals surface area (Å²) < 4.78 is 19.2. The third-order valence-corrected chi connectivity index (χ3v) is 1.67. The predicted octanol–water partition coefficient (Wildman–Crippen LogP) is 1.33. The molecule has 0 N–H and O–H groups in total. The summed E-state index contributed by atoms with van der Waals surface area (Å²) in [4.78, 5) is 11.5. The van der Waals surface area contributed by atoms with Crippen LogP contribution in [0.15, 0.2) is 24.3 Å². The van der Waals surface area contributed by atoms with Crippen molar-refractivity contribution in [3.63, 3.8) is 0 Å². The predicted molar refractivity (Wildman–Crippen MR) is 54.9 cm³/mol. The van der Waals surface area contributed by atoms with Gasteiger partial charge in [-0.05, 0) is 24.3 Å². The Labute approximate surface area is 87.8 Å². The maximum absolute atomic E-state index is 12.6. The molecule has 0 radical (unpaired) electrons. The molecule has 0 unspecified atom stereocenters. The number of rotatable bonds is 4. The second-order valence-corrected chi connectivity index (χ2v) is 3.31. The van der Waals surface area contributed by atoms with E-state index in [1.165, 1.54) is 30.7 Å². The van der Waals surface area contributed by atoms with Gasteiger partial charge in [0.15, 0.2) is 12.4 Å². The van der Waals surface area contributed by atoms with Gasteiger partial charge in [-0.3, -0.25) is 4.79 Å². The zero-order chi connectivity index (χ0) is 11.3. The van der Waals surface area contributed by atoms with Crippen molar-refractivity contribution in [1.29, 1.82) is 0 Å². The molecule has 3 nitrogen and oxygen atoms in total. The molecule has 0 aromatic heterocycles. The van der Waals surface area contributed by atoms with Crippen molar-refractivity contribution in [2.45, 2.75) is 0 Å². The summed E-state index contributed by atoms with van der Waals surface area (Å²) in [5.74, 6) is -0.527. The summed E-state index contributed by atoms with van der Waals surface area (Å²) in [6, 6.07) is 5.39. The summed E-state index contributed by atoms with van der Waals surface area (Å²) in [5, 5.41) is 0. The van der Waals surface area contributed by atoms with Crippen LogP contribution < -0.4 is 0 Å². The lowest BCUT2D eigenvalue weighted by molar-refractivity contribution is -0.468. The number of ether oxygens (including phenoxy) is 1. The van der Waals surface area contributed by atoms with Gasteiger partial charge >= 0.3 is 6.40 Å². The molecule has 0 aliphatic rings. The van der Waals surface area contributed by atoms with E-state index in [2.05, 4.69) is 0 Å². The van der Waals surface area contributed by atoms with E-state index in [1.807, 2.05) is 0 Å². The Bertz CT molecular complexity index is 367. The van der Waals surface area contributed by atoms with Gasteiger partial charge in [-0.15, -0.1) is 0 Å². The lowest BCUT2D eigenvalue weighted by atomic mass is 10.1. The summed E-state index contributed by atoms with van der Waals surface area (Å²) in [7, 11) is 3.59. The first-order chi connectivity index (χ1) is 7.09. The SMILES string of the molecule is C[N+](C)=COCC(=O)c1ccc(F)cc1. The highest BCUT2D eigenvalue weighted by atomic mass is 19.1. The van der Waals surface area contributed by atoms with Gasteiger partial charge in [-0.2, -0.15) is 0 Å². The molecule has 1 aromatic rings. The van der Waals surface area contributed by atoms with E-state index < -0.39 is 0 Å². The number of nitrogens with zero attached hydrogens (tertiary/aromatic N) is 1. The second kappa shape index (κ2) is 5.24. The van der Waals surface area contributed by atoms with E-state index in [0.717, 1.165) is 0 Å². The summed E-state index contributed by atoms with van der Waals surface area (Å²) in [6.07, 6.45) is 1.45. The number of carbonyl (C=O) groups is 1. The van der Waals surface area contributed by atoms with Gasteiger partial charge in [-0.25, -0.2) is 8.97 Å². The van der Waals surface area contributed by atoms with Crippen molar-refractivity contribution in [2.24, 2.45) is 0 Å². The van der Waals surface area contributed by atoms with E-state index in [1.54, 1.807) is 18.7 Å². The van der Waals surface area contributed by atoms with Crippen molar-refractivity contribution in [3.05, 3.63) is 35.6 Å². The lowest BCUT2D eigenvalue weighted by Crippen LogP contribution is -2.11. The number of benzene rings is 1. The van der Waals surface area contributed by atoms with Crippen LogP contribution in [0, 0.1) is 5.82 Å². The molecule has 0 bridgehead atoms. The Morgan fingerprint density at radius 3 is 2.53 bits per heavy atom. The third kappa shape index (κ3) is 3.89. The Balaban J connectivity index is 2.54. The van der Waals surface area contributed by atoms with Gasteiger partial charge in [0.1, 0.15) is 19.9 Å². The zero-order valence-corrected chi connectivity index (χ0v) is 8.74. The van der Waals surface area contributed by atoms with Gasteiger partial charge in [0.05, 0.1) is 0 Å². The van der Waals surface area contributed by atoms with E-state index in [0.29, 0.717) is 5.56 Å². The summed E-state index contributed by atoms with van der Waals surface area (Å²) in [6.45, 7) is -0.0379. The fourth-order valence-electron chi connectivity index (χ4n) is 0.981. The fourth-order valence-corrected chi connectivity index (χ4v) is 0.981. The van der Waals surface area contributed by atoms with Crippen LogP contribution in [0.5, 0.6) is 0 Å². The Morgan fingerprint density at radius 1 is 1.40 bits per heavy atom. The molecule has 0 fully saturated rings.